The highest BCUT2D eigenvalue weighted by Crippen LogP contribution is 2.37. The number of aliphatic hydroxyl groups is 1. The molecule has 0 amide bonds. The molecule has 2 aromatic carbocycles. The average molecular weight is 492 g/mol. The van der Waals surface area contributed by atoms with Gasteiger partial charge in [0.2, 0.25) is 11.7 Å². The van der Waals surface area contributed by atoms with Crippen LogP contribution in [0.25, 0.3) is 0 Å². The Morgan fingerprint density at radius 2 is 1.83 bits per heavy atom. The van der Waals surface area contributed by atoms with Crippen LogP contribution >= 0.6 is 0 Å². The monoisotopic (exact) mass is 491 g/mol. The molecule has 0 radical (unpaired) electrons. The Morgan fingerprint density at radius 3 is 2.63 bits per heavy atom. The molecule has 5 nitrogen and oxygen atoms in total. The highest BCUT2D eigenvalue weighted by atomic mass is 19.3. The number of aryl methyl sites for hydroxylation is 1. The van der Waals surface area contributed by atoms with Gasteiger partial charge in [0.15, 0.2) is 0 Å². The third-order valence-corrected chi connectivity index (χ3v) is 6.10. The van der Waals surface area contributed by atoms with E-state index < -0.39 is 17.8 Å². The van der Waals surface area contributed by atoms with Crippen LogP contribution in [0.15, 0.2) is 48.5 Å². The Kier molecular flexibility index (Phi) is 10.5. The molecule has 7 heteroatoms. The average Bonchev–Trinajstić information content (AvgIpc) is 2.82. The van der Waals surface area contributed by atoms with Gasteiger partial charge in [-0.3, -0.25) is 0 Å². The number of alkyl halides is 2. The number of benzene rings is 2. The Hall–Kier alpha value is -2.06. The number of fused-ring (bicyclic) bond motifs is 1. The molecule has 1 unspecified atom stereocenters. The lowest BCUT2D eigenvalue weighted by atomic mass is 10.0. The fraction of sp³-hybridized carbons (Fsp3) is 0.571. The van der Waals surface area contributed by atoms with Gasteiger partial charge in [0.25, 0.3) is 0 Å². The van der Waals surface area contributed by atoms with E-state index in [0.717, 1.165) is 24.8 Å². The lowest BCUT2D eigenvalue weighted by Crippen LogP contribution is -2.36. The van der Waals surface area contributed by atoms with Gasteiger partial charge in [-0.2, -0.15) is 0 Å². The summed E-state index contributed by atoms with van der Waals surface area (Å²) >= 11 is 0. The quantitative estimate of drug-likeness (QED) is 0.309. The van der Waals surface area contributed by atoms with Crippen LogP contribution in [0.5, 0.6) is 5.75 Å². The van der Waals surface area contributed by atoms with Gasteiger partial charge in [0.1, 0.15) is 5.75 Å². The van der Waals surface area contributed by atoms with Crippen LogP contribution in [0.4, 0.5) is 8.78 Å². The van der Waals surface area contributed by atoms with Crippen molar-refractivity contribution in [1.29, 1.82) is 0 Å². The molecule has 0 spiro atoms. The molecule has 2 N–H and O–H groups in total. The van der Waals surface area contributed by atoms with Gasteiger partial charge in [-0.25, -0.2) is 8.78 Å². The predicted molar refractivity (Wildman–Crippen MR) is 133 cm³/mol. The molecular weight excluding hydrogens is 452 g/mol. The van der Waals surface area contributed by atoms with E-state index in [0.29, 0.717) is 37.5 Å². The lowest BCUT2D eigenvalue weighted by Gasteiger charge is -2.34. The molecule has 0 saturated heterocycles. The molecule has 1 aliphatic heterocycles. The second-order valence-electron chi connectivity index (χ2n) is 9.61. The van der Waals surface area contributed by atoms with Gasteiger partial charge in [0, 0.05) is 51.0 Å². The van der Waals surface area contributed by atoms with Gasteiger partial charge in [-0.15, -0.1) is 0 Å². The van der Waals surface area contributed by atoms with Gasteiger partial charge >= 0.3 is 0 Å². The minimum absolute atomic E-state index is 0.0731. The van der Waals surface area contributed by atoms with E-state index in [1.54, 1.807) is 0 Å². The van der Waals surface area contributed by atoms with Crippen molar-refractivity contribution in [1.82, 2.24) is 5.32 Å². The Balaban J connectivity index is 1.26. The maximum absolute atomic E-state index is 14.1. The molecule has 35 heavy (non-hydrogen) atoms. The van der Waals surface area contributed by atoms with E-state index in [2.05, 4.69) is 17.4 Å². The van der Waals surface area contributed by atoms with Gasteiger partial charge in [0.05, 0.1) is 19.3 Å². The maximum Gasteiger partial charge on any atom is 0.250 e. The predicted octanol–water partition coefficient (Wildman–Crippen LogP) is 5.80. The van der Waals surface area contributed by atoms with Crippen molar-refractivity contribution in [2.24, 2.45) is 0 Å². The van der Waals surface area contributed by atoms with Crippen LogP contribution in [0.3, 0.4) is 0 Å². The maximum atomic E-state index is 14.1. The molecule has 1 atom stereocenters. The van der Waals surface area contributed by atoms with Crippen molar-refractivity contribution in [3.63, 3.8) is 0 Å². The van der Waals surface area contributed by atoms with Crippen LogP contribution in [-0.2, 0) is 22.5 Å². The molecule has 0 aliphatic carbocycles. The first kappa shape index (κ1) is 27.5. The molecule has 0 bridgehead atoms. The SMILES string of the molecule is CC1(C)OCc2cccc(C(O)CNCCCC(F)(F)CCOCCCCc3ccccc3)c2O1. The molecule has 0 fully saturated rings. The van der Waals surface area contributed by atoms with Crippen molar-refractivity contribution < 1.29 is 28.1 Å². The summed E-state index contributed by atoms with van der Waals surface area (Å²) in [5.41, 5.74) is 2.85. The summed E-state index contributed by atoms with van der Waals surface area (Å²) in [4.78, 5) is 0. The van der Waals surface area contributed by atoms with Crippen LogP contribution in [0.2, 0.25) is 0 Å². The summed E-state index contributed by atoms with van der Waals surface area (Å²) in [6, 6.07) is 15.8. The summed E-state index contributed by atoms with van der Waals surface area (Å²) in [7, 11) is 0. The highest BCUT2D eigenvalue weighted by molar-refractivity contribution is 5.43. The summed E-state index contributed by atoms with van der Waals surface area (Å²) < 4.78 is 45.3. The Labute approximate surface area is 207 Å². The first-order valence-electron chi connectivity index (χ1n) is 12.6. The first-order valence-corrected chi connectivity index (χ1v) is 12.6. The van der Waals surface area contributed by atoms with Crippen molar-refractivity contribution in [2.75, 3.05) is 26.3 Å². The van der Waals surface area contributed by atoms with Crippen LogP contribution in [0, 0.1) is 0 Å². The summed E-state index contributed by atoms with van der Waals surface area (Å²) in [5.74, 6) is -2.86. The second kappa shape index (κ2) is 13.3. The number of ether oxygens (including phenoxy) is 3. The third-order valence-electron chi connectivity index (χ3n) is 6.10. The smallest absolute Gasteiger partial charge is 0.250 e. The lowest BCUT2D eigenvalue weighted by molar-refractivity contribution is -0.181. The van der Waals surface area contributed by atoms with E-state index in [1.165, 1.54) is 5.56 Å². The molecule has 194 valence electrons. The van der Waals surface area contributed by atoms with Gasteiger partial charge < -0.3 is 24.6 Å². The summed E-state index contributed by atoms with van der Waals surface area (Å²) in [5, 5.41) is 13.7. The minimum Gasteiger partial charge on any atom is -0.462 e. The van der Waals surface area contributed by atoms with Crippen LogP contribution < -0.4 is 10.1 Å². The summed E-state index contributed by atoms with van der Waals surface area (Å²) in [6.07, 6.45) is 1.89. The van der Waals surface area contributed by atoms with Crippen LogP contribution in [0.1, 0.15) is 68.7 Å². The largest absolute Gasteiger partial charge is 0.462 e. The van der Waals surface area contributed by atoms with E-state index in [9.17, 15) is 13.9 Å². The standard InChI is InChI=1S/C28H39F2NO4/c1-27(2)34-21-23-13-8-14-24(26(23)35-27)25(32)20-31-17-9-15-28(29,30)16-19-33-18-7-6-12-22-10-4-3-5-11-22/h3-5,8,10-11,13-14,25,31-32H,6-7,9,12,15-21H2,1-2H3. The molecule has 3 rings (SSSR count). The first-order chi connectivity index (χ1) is 16.8. The number of aliphatic hydroxyl groups excluding tert-OH is 1. The minimum atomic E-state index is -2.75. The van der Waals surface area contributed by atoms with Crippen molar-refractivity contribution in [2.45, 2.75) is 76.8 Å². The Morgan fingerprint density at radius 1 is 1.03 bits per heavy atom. The van der Waals surface area contributed by atoms with Gasteiger partial charge in [-0.05, 0) is 37.8 Å². The highest BCUT2D eigenvalue weighted by Gasteiger charge is 2.30. The van der Waals surface area contributed by atoms with E-state index in [4.69, 9.17) is 14.2 Å². The number of hydrogen-bond donors (Lipinski definition) is 2. The number of rotatable bonds is 15. The number of halogens is 2. The number of unbranched alkanes of at least 4 members (excludes halogenated alkanes) is 1. The number of nitrogens with one attached hydrogen (secondary N) is 1. The fourth-order valence-corrected chi connectivity index (χ4v) is 4.08. The Bertz CT molecular complexity index is 892. The zero-order valence-corrected chi connectivity index (χ0v) is 20.9. The molecule has 1 aliphatic rings. The molecule has 2 aromatic rings. The van der Waals surface area contributed by atoms with E-state index in [-0.39, 0.29) is 26.0 Å². The zero-order valence-electron chi connectivity index (χ0n) is 20.9. The molecule has 1 heterocycles. The topological polar surface area (TPSA) is 60.0 Å². The molecule has 0 aromatic heterocycles. The second-order valence-corrected chi connectivity index (χ2v) is 9.61. The zero-order chi connectivity index (χ0) is 25.2. The molecule has 0 saturated carbocycles. The summed E-state index contributed by atoms with van der Waals surface area (Å²) in [6.45, 7) is 5.32. The van der Waals surface area contributed by atoms with Gasteiger partial charge in [-0.1, -0.05) is 48.5 Å². The van der Waals surface area contributed by atoms with Crippen molar-refractivity contribution in [3.8, 4) is 5.75 Å². The molecular formula is C28H39F2NO4. The van der Waals surface area contributed by atoms with E-state index >= 15 is 0 Å². The van der Waals surface area contributed by atoms with Crippen LogP contribution in [-0.4, -0.2) is 43.1 Å². The van der Waals surface area contributed by atoms with E-state index in [1.807, 2.05) is 50.2 Å². The normalized spacial score (nSPS) is 15.9. The fourth-order valence-electron chi connectivity index (χ4n) is 4.08. The van der Waals surface area contributed by atoms with Crippen molar-refractivity contribution >= 4 is 0 Å². The third kappa shape index (κ3) is 9.49. The van der Waals surface area contributed by atoms with Crippen molar-refractivity contribution in [3.05, 3.63) is 65.2 Å². The number of para-hydroxylation sites is 1. The number of hydrogen-bond acceptors (Lipinski definition) is 5.